The monoisotopic (exact) mass is 665 g/mol. The number of ether oxygens (including phenoxy) is 6. The van der Waals surface area contributed by atoms with E-state index in [9.17, 15) is 50.4 Å². The molecule has 1 aromatic heterocycles. The molecule has 2 aliphatic heterocycles. The summed E-state index contributed by atoms with van der Waals surface area (Å²) in [6.45, 7) is -1.14. The van der Waals surface area contributed by atoms with E-state index in [1.165, 1.54) is 36.4 Å². The van der Waals surface area contributed by atoms with Crippen molar-refractivity contribution in [2.24, 2.45) is 0 Å². The zero-order chi connectivity index (χ0) is 34.0. The number of esters is 2. The van der Waals surface area contributed by atoms with Gasteiger partial charge >= 0.3 is 23.3 Å². The lowest BCUT2D eigenvalue weighted by Crippen LogP contribution is -2.64. The second-order valence-corrected chi connectivity index (χ2v) is 10.8. The van der Waals surface area contributed by atoms with Crippen LogP contribution in [0.4, 0.5) is 0 Å². The van der Waals surface area contributed by atoms with E-state index in [1.54, 1.807) is 0 Å². The van der Waals surface area contributed by atoms with Crippen LogP contribution in [0, 0.1) is 0 Å². The number of phenolic OH excluding ortho intramolecular Hbond substituents is 3. The summed E-state index contributed by atoms with van der Waals surface area (Å²) >= 11 is 0. The van der Waals surface area contributed by atoms with Gasteiger partial charge in [-0.05, 0) is 24.3 Å². The lowest BCUT2D eigenvalue weighted by Gasteiger charge is -2.44. The van der Waals surface area contributed by atoms with Gasteiger partial charge in [0.1, 0.15) is 72.3 Å². The maximum Gasteiger partial charge on any atom is 0.402 e. The Morgan fingerprint density at radius 3 is 2.30 bits per heavy atom. The van der Waals surface area contributed by atoms with Gasteiger partial charge < -0.3 is 69.3 Å². The van der Waals surface area contributed by atoms with Crippen LogP contribution >= 0.6 is 0 Å². The van der Waals surface area contributed by atoms with Crippen molar-refractivity contribution in [1.29, 1.82) is 0 Å². The highest BCUT2D eigenvalue weighted by Gasteiger charge is 2.51. The van der Waals surface area contributed by atoms with Crippen molar-refractivity contribution < 1.29 is 83.3 Å². The molecule has 0 spiro atoms. The first-order valence-electron chi connectivity index (χ1n) is 14.2. The number of carbonyl (C=O) groups is 2. The van der Waals surface area contributed by atoms with Gasteiger partial charge in [0.05, 0.1) is 25.3 Å². The predicted octanol–water partition coefficient (Wildman–Crippen LogP) is -0.746. The summed E-state index contributed by atoms with van der Waals surface area (Å²) in [6, 6.07) is 9.21. The highest BCUT2D eigenvalue weighted by molar-refractivity contribution is 5.91. The van der Waals surface area contributed by atoms with Crippen LogP contribution in [0.15, 0.2) is 46.9 Å². The number of fused-ring (bicyclic) bond motifs is 1. The highest BCUT2D eigenvalue weighted by atomic mass is 16.8. The number of aliphatic hydroxyl groups excluding tert-OH is 5. The van der Waals surface area contributed by atoms with Crippen LogP contribution in [0.2, 0.25) is 0 Å². The molecule has 0 unspecified atom stereocenters. The highest BCUT2D eigenvalue weighted by Crippen LogP contribution is 2.41. The first kappa shape index (κ1) is 34.0. The van der Waals surface area contributed by atoms with E-state index in [1.807, 2.05) is 0 Å². The van der Waals surface area contributed by atoms with Gasteiger partial charge in [-0.2, -0.15) is 0 Å². The zero-order valence-corrected chi connectivity index (χ0v) is 24.6. The Kier molecular flexibility index (Phi) is 10.3. The Balaban J connectivity index is 1.51. The van der Waals surface area contributed by atoms with Crippen LogP contribution in [-0.4, -0.2) is 128 Å². The molecular weight excluding hydrogens is 632 g/mol. The molecule has 0 saturated carbocycles. The van der Waals surface area contributed by atoms with Crippen molar-refractivity contribution in [3.8, 4) is 34.3 Å². The average molecular weight is 666 g/mol. The maximum atomic E-state index is 12.1. The number of aromatic hydroxyl groups is 3. The molecule has 0 bridgehead atoms. The Morgan fingerprint density at radius 1 is 0.872 bits per heavy atom. The van der Waals surface area contributed by atoms with E-state index in [2.05, 4.69) is 4.74 Å². The van der Waals surface area contributed by atoms with Crippen LogP contribution in [0.5, 0.6) is 23.0 Å². The van der Waals surface area contributed by atoms with Gasteiger partial charge in [-0.25, -0.2) is 4.42 Å². The molecule has 17 heteroatoms. The molecule has 5 rings (SSSR count). The lowest BCUT2D eigenvalue weighted by molar-refractivity contribution is -0.345. The topological polar surface area (TPSA) is 263 Å². The first-order valence-corrected chi connectivity index (χ1v) is 14.2. The van der Waals surface area contributed by atoms with Crippen LogP contribution < -0.4 is 4.74 Å². The molecule has 0 aliphatic carbocycles. The summed E-state index contributed by atoms with van der Waals surface area (Å²) in [6.07, 6.45) is -16.0. The second-order valence-electron chi connectivity index (χ2n) is 10.8. The summed E-state index contributed by atoms with van der Waals surface area (Å²) in [5.41, 5.74) is 0.347. The molecule has 254 valence electrons. The van der Waals surface area contributed by atoms with E-state index < -0.39 is 92.6 Å². The molecule has 2 aromatic carbocycles. The molecule has 2 aliphatic rings. The number of phenols is 3. The average Bonchev–Trinajstić information content (AvgIpc) is 3.04. The molecule has 47 heavy (non-hydrogen) atoms. The fraction of sp³-hybridized carbons (Fsp3) is 0.433. The van der Waals surface area contributed by atoms with Crippen molar-refractivity contribution in [3.05, 3.63) is 42.5 Å². The fourth-order valence-corrected chi connectivity index (χ4v) is 4.96. The standard InChI is InChI=1S/C30H32O17/c1-41-21(35)9-22(36)42-11-20-24(38)25(39)28(47-29-26(40)23(37)17(34)10-43-29)30(46-20)45-19-8-15-16(33)6-14(32)7-18(15)44-27(19)12-2-4-13(31)5-3-12/h2-8,17,20,23-26,28-30,34,37-40H,9-11H2,1H3,(H2-,31,32,33)/p+1/t17-,20-,23+,24-,25-,26+,28-,29+,30+/m0/s1. The van der Waals surface area contributed by atoms with Crippen molar-refractivity contribution in [1.82, 2.24) is 0 Å². The van der Waals surface area contributed by atoms with E-state index >= 15 is 0 Å². The van der Waals surface area contributed by atoms with E-state index in [4.69, 9.17) is 28.1 Å². The van der Waals surface area contributed by atoms with E-state index in [-0.39, 0.29) is 34.0 Å². The number of hydrogen-bond acceptors (Lipinski definition) is 16. The molecule has 3 aromatic rings. The van der Waals surface area contributed by atoms with Crippen LogP contribution in [0.3, 0.4) is 0 Å². The number of methoxy groups -OCH3 is 1. The number of carbonyl (C=O) groups excluding carboxylic acids is 2. The number of benzene rings is 2. The first-order chi connectivity index (χ1) is 22.4. The SMILES string of the molecule is COC(=O)CC(=O)OC[C@@H]1O[C@@H](Oc2cc3c(O)cc(O)cc3[o+]c2-c2ccc(O)cc2)[C@@H](O[C@H]2OC[C@H](O)[C@@H](O)[C@H]2O)[C@@H](O)[C@H]1O. The van der Waals surface area contributed by atoms with Gasteiger partial charge in [-0.3, -0.25) is 9.59 Å². The third-order valence-electron chi connectivity index (χ3n) is 7.50. The van der Waals surface area contributed by atoms with Gasteiger partial charge in [-0.1, -0.05) is 0 Å². The third kappa shape index (κ3) is 7.47. The molecular formula is C30H33O17+. The molecule has 0 amide bonds. The summed E-state index contributed by atoms with van der Waals surface area (Å²) in [7, 11) is 1.07. The summed E-state index contributed by atoms with van der Waals surface area (Å²) in [4.78, 5) is 23.6. The smallest absolute Gasteiger partial charge is 0.402 e. The van der Waals surface area contributed by atoms with Gasteiger partial charge in [0, 0.05) is 12.1 Å². The van der Waals surface area contributed by atoms with E-state index in [0.717, 1.165) is 13.2 Å². The predicted molar refractivity (Wildman–Crippen MR) is 153 cm³/mol. The molecule has 9 atom stereocenters. The Morgan fingerprint density at radius 2 is 1.60 bits per heavy atom. The van der Waals surface area contributed by atoms with Crippen molar-refractivity contribution >= 4 is 22.9 Å². The molecule has 3 heterocycles. The van der Waals surface area contributed by atoms with E-state index in [0.29, 0.717) is 5.56 Å². The fourth-order valence-electron chi connectivity index (χ4n) is 4.96. The Bertz CT molecular complexity index is 1580. The second kappa shape index (κ2) is 14.2. The van der Waals surface area contributed by atoms with Crippen LogP contribution in [0.25, 0.3) is 22.3 Å². The molecule has 0 radical (unpaired) electrons. The number of aliphatic hydroxyl groups is 5. The quantitative estimate of drug-likeness (QED) is 0.0794. The Hall–Kier alpha value is -4.33. The Labute approximate surface area is 265 Å². The van der Waals surface area contributed by atoms with Gasteiger partial charge in [0.25, 0.3) is 0 Å². The molecule has 17 nitrogen and oxygen atoms in total. The summed E-state index contributed by atoms with van der Waals surface area (Å²) < 4.78 is 38.5. The largest absolute Gasteiger partial charge is 0.508 e. The normalized spacial score (nSPS) is 29.3. The minimum absolute atomic E-state index is 0.0208. The lowest BCUT2D eigenvalue weighted by atomic mass is 9.98. The third-order valence-corrected chi connectivity index (χ3v) is 7.50. The number of hydrogen-bond donors (Lipinski definition) is 8. The minimum atomic E-state index is -1.89. The summed E-state index contributed by atoms with van der Waals surface area (Å²) in [5, 5.41) is 83.0. The van der Waals surface area contributed by atoms with Gasteiger partial charge in [0.2, 0.25) is 12.0 Å². The van der Waals surface area contributed by atoms with Crippen molar-refractivity contribution in [2.45, 2.75) is 61.7 Å². The van der Waals surface area contributed by atoms with Gasteiger partial charge in [0.15, 0.2) is 12.4 Å². The summed E-state index contributed by atoms with van der Waals surface area (Å²) in [5.74, 6) is -2.88. The zero-order valence-electron chi connectivity index (χ0n) is 24.6. The van der Waals surface area contributed by atoms with Crippen LogP contribution in [-0.2, 0) is 33.3 Å². The maximum absolute atomic E-state index is 12.1. The van der Waals surface area contributed by atoms with Gasteiger partial charge in [-0.15, -0.1) is 0 Å². The number of rotatable bonds is 9. The molecule has 8 N–H and O–H groups in total. The molecule has 2 fully saturated rings. The minimum Gasteiger partial charge on any atom is -0.508 e. The molecule has 2 saturated heterocycles. The van der Waals surface area contributed by atoms with Crippen molar-refractivity contribution in [3.63, 3.8) is 0 Å². The van der Waals surface area contributed by atoms with Crippen LogP contribution in [0.1, 0.15) is 6.42 Å². The van der Waals surface area contributed by atoms with Crippen molar-refractivity contribution in [2.75, 3.05) is 20.3 Å².